The molecule has 100 valence electrons. The van der Waals surface area contributed by atoms with Crippen LogP contribution in [0.1, 0.15) is 10.4 Å². The molecule has 0 saturated carbocycles. The maximum Gasteiger partial charge on any atom is 0.338 e. The fourth-order valence-corrected chi connectivity index (χ4v) is 1.28. The first-order chi connectivity index (χ1) is 8.57. The molecule has 0 heterocycles. The van der Waals surface area contributed by atoms with Gasteiger partial charge in [-0.3, -0.25) is 0 Å². The van der Waals surface area contributed by atoms with Crippen LogP contribution in [0.4, 0.5) is 14.5 Å². The molecule has 0 aliphatic carbocycles. The van der Waals surface area contributed by atoms with Gasteiger partial charge < -0.3 is 20.3 Å². The van der Waals surface area contributed by atoms with E-state index in [2.05, 4.69) is 5.32 Å². The van der Waals surface area contributed by atoms with E-state index in [9.17, 15) is 13.6 Å². The molecule has 1 aromatic rings. The van der Waals surface area contributed by atoms with Crippen LogP contribution >= 0.6 is 0 Å². The maximum absolute atomic E-state index is 13.4. The Hall–Kier alpha value is -1.73. The molecular formula is C11H13F2NO4. The molecule has 5 nitrogen and oxygen atoms in total. The molecule has 0 aliphatic rings. The maximum atomic E-state index is 13.4. The molecule has 0 unspecified atom stereocenters. The summed E-state index contributed by atoms with van der Waals surface area (Å²) in [7, 11) is 0. The lowest BCUT2D eigenvalue weighted by atomic mass is 10.2. The number of aliphatic hydroxyl groups is 1. The van der Waals surface area contributed by atoms with Crippen LogP contribution in [0.5, 0.6) is 0 Å². The Balaban J connectivity index is 2.62. The molecule has 0 amide bonds. The average molecular weight is 261 g/mol. The van der Waals surface area contributed by atoms with Crippen LogP contribution in [0.15, 0.2) is 12.1 Å². The Kier molecular flexibility index (Phi) is 5.47. The predicted molar refractivity (Wildman–Crippen MR) is 59.7 cm³/mol. The second kappa shape index (κ2) is 6.87. The van der Waals surface area contributed by atoms with Crippen molar-refractivity contribution in [3.63, 3.8) is 0 Å². The van der Waals surface area contributed by atoms with Gasteiger partial charge in [-0.25, -0.2) is 13.6 Å². The summed E-state index contributed by atoms with van der Waals surface area (Å²) in [6.45, 7) is 0.470. The molecule has 0 fully saturated rings. The zero-order valence-corrected chi connectivity index (χ0v) is 9.45. The third kappa shape index (κ3) is 3.64. The van der Waals surface area contributed by atoms with Gasteiger partial charge in [0.15, 0.2) is 11.6 Å². The zero-order valence-electron chi connectivity index (χ0n) is 9.45. The lowest BCUT2D eigenvalue weighted by molar-refractivity contribution is 0.0690. The third-order valence-electron chi connectivity index (χ3n) is 2.11. The lowest BCUT2D eigenvalue weighted by Gasteiger charge is -2.09. The summed E-state index contributed by atoms with van der Waals surface area (Å²) in [4.78, 5) is 10.5. The van der Waals surface area contributed by atoms with E-state index in [-0.39, 0.29) is 32.1 Å². The highest BCUT2D eigenvalue weighted by Gasteiger charge is 2.17. The van der Waals surface area contributed by atoms with Gasteiger partial charge in [-0.2, -0.15) is 0 Å². The molecule has 0 atom stereocenters. The number of carboxylic acids is 1. The average Bonchev–Trinajstić information content (AvgIpc) is 2.33. The number of nitrogens with one attached hydrogen (secondary N) is 1. The van der Waals surface area contributed by atoms with E-state index in [1.165, 1.54) is 0 Å². The van der Waals surface area contributed by atoms with E-state index in [0.717, 1.165) is 12.1 Å². The number of ether oxygens (including phenoxy) is 1. The van der Waals surface area contributed by atoms with Crippen LogP contribution in [0, 0.1) is 11.6 Å². The van der Waals surface area contributed by atoms with E-state index >= 15 is 0 Å². The van der Waals surface area contributed by atoms with Crippen LogP contribution < -0.4 is 5.32 Å². The van der Waals surface area contributed by atoms with E-state index < -0.39 is 23.2 Å². The number of aliphatic hydroxyl groups excluding tert-OH is 1. The van der Waals surface area contributed by atoms with E-state index in [1.807, 2.05) is 0 Å². The number of anilines is 1. The molecule has 7 heteroatoms. The summed E-state index contributed by atoms with van der Waals surface area (Å²) < 4.78 is 31.6. The number of rotatable bonds is 7. The molecule has 3 N–H and O–H groups in total. The van der Waals surface area contributed by atoms with Crippen molar-refractivity contribution in [2.75, 3.05) is 31.7 Å². The minimum atomic E-state index is -1.52. The van der Waals surface area contributed by atoms with Crippen LogP contribution in [0.25, 0.3) is 0 Å². The number of halogens is 2. The summed E-state index contributed by atoms with van der Waals surface area (Å²) in [6, 6.07) is 2.13. The van der Waals surface area contributed by atoms with Crippen LogP contribution in [0.2, 0.25) is 0 Å². The predicted octanol–water partition coefficient (Wildman–Crippen LogP) is 1.08. The highest BCUT2D eigenvalue weighted by Crippen LogP contribution is 2.20. The first-order valence-electron chi connectivity index (χ1n) is 5.21. The molecule has 0 aliphatic heterocycles. The lowest BCUT2D eigenvalue weighted by Crippen LogP contribution is -2.13. The van der Waals surface area contributed by atoms with Gasteiger partial charge in [0.05, 0.1) is 31.1 Å². The van der Waals surface area contributed by atoms with Crippen molar-refractivity contribution in [2.24, 2.45) is 0 Å². The highest BCUT2D eigenvalue weighted by molar-refractivity contribution is 5.88. The number of hydrogen-bond donors (Lipinski definition) is 3. The Morgan fingerprint density at radius 3 is 2.61 bits per heavy atom. The topological polar surface area (TPSA) is 78.8 Å². The highest BCUT2D eigenvalue weighted by atomic mass is 19.2. The largest absolute Gasteiger partial charge is 0.478 e. The van der Waals surface area contributed by atoms with Gasteiger partial charge in [0.25, 0.3) is 0 Å². The SMILES string of the molecule is O=C(O)c1ccc(NCCOCCO)c(F)c1F. The van der Waals surface area contributed by atoms with Gasteiger partial charge in [-0.05, 0) is 12.1 Å². The van der Waals surface area contributed by atoms with Gasteiger partial charge in [-0.15, -0.1) is 0 Å². The van der Waals surface area contributed by atoms with Crippen LogP contribution in [0.3, 0.4) is 0 Å². The molecular weight excluding hydrogens is 248 g/mol. The third-order valence-corrected chi connectivity index (χ3v) is 2.11. The van der Waals surface area contributed by atoms with Gasteiger partial charge in [-0.1, -0.05) is 0 Å². The normalized spacial score (nSPS) is 10.4. The van der Waals surface area contributed by atoms with E-state index in [4.69, 9.17) is 14.9 Å². The summed E-state index contributed by atoms with van der Waals surface area (Å²) in [6.07, 6.45) is 0. The number of aromatic carboxylic acids is 1. The molecule has 0 saturated heterocycles. The van der Waals surface area contributed by atoms with Gasteiger partial charge >= 0.3 is 5.97 Å². The zero-order chi connectivity index (χ0) is 13.5. The number of carbonyl (C=O) groups is 1. The molecule has 0 aromatic heterocycles. The van der Waals surface area contributed by atoms with Crippen molar-refractivity contribution in [3.05, 3.63) is 29.3 Å². The van der Waals surface area contributed by atoms with Crippen LogP contribution in [-0.2, 0) is 4.74 Å². The second-order valence-corrected chi connectivity index (χ2v) is 3.36. The number of benzene rings is 1. The number of carboxylic acid groups (broad SMARTS) is 1. The first kappa shape index (κ1) is 14.3. The van der Waals surface area contributed by atoms with Gasteiger partial charge in [0, 0.05) is 6.54 Å². The van der Waals surface area contributed by atoms with Gasteiger partial charge in [0.1, 0.15) is 0 Å². The standard InChI is InChI=1S/C11H13F2NO4/c12-9-7(11(16)17)1-2-8(10(9)13)14-3-5-18-6-4-15/h1-2,14-15H,3-6H2,(H,16,17). The Labute approximate surface area is 102 Å². The molecule has 1 rings (SSSR count). The van der Waals surface area contributed by atoms with Crippen LogP contribution in [-0.4, -0.2) is 42.5 Å². The summed E-state index contributed by atoms with van der Waals surface area (Å²) in [5.41, 5.74) is -0.848. The molecule has 18 heavy (non-hydrogen) atoms. The fraction of sp³-hybridized carbons (Fsp3) is 0.364. The summed E-state index contributed by atoms with van der Waals surface area (Å²) >= 11 is 0. The van der Waals surface area contributed by atoms with E-state index in [1.54, 1.807) is 0 Å². The van der Waals surface area contributed by atoms with Crippen molar-refractivity contribution in [1.82, 2.24) is 0 Å². The minimum Gasteiger partial charge on any atom is -0.478 e. The monoisotopic (exact) mass is 261 g/mol. The minimum absolute atomic E-state index is 0.115. The Morgan fingerprint density at radius 1 is 1.28 bits per heavy atom. The molecule has 1 aromatic carbocycles. The first-order valence-corrected chi connectivity index (χ1v) is 5.21. The molecule has 0 spiro atoms. The Bertz CT molecular complexity index is 426. The van der Waals surface area contributed by atoms with Crippen molar-refractivity contribution in [3.8, 4) is 0 Å². The second-order valence-electron chi connectivity index (χ2n) is 3.36. The molecule has 0 bridgehead atoms. The quantitative estimate of drug-likeness (QED) is 0.640. The Morgan fingerprint density at radius 2 is 2.00 bits per heavy atom. The van der Waals surface area contributed by atoms with Crippen molar-refractivity contribution >= 4 is 11.7 Å². The summed E-state index contributed by atoms with van der Waals surface area (Å²) in [5, 5.41) is 19.6. The summed E-state index contributed by atoms with van der Waals surface area (Å²) in [5.74, 6) is -4.16. The van der Waals surface area contributed by atoms with Gasteiger partial charge in [0.2, 0.25) is 0 Å². The van der Waals surface area contributed by atoms with Crippen molar-refractivity contribution in [1.29, 1.82) is 0 Å². The number of hydrogen-bond acceptors (Lipinski definition) is 4. The molecule has 0 radical (unpaired) electrons. The van der Waals surface area contributed by atoms with Crippen molar-refractivity contribution in [2.45, 2.75) is 0 Å². The van der Waals surface area contributed by atoms with Crippen molar-refractivity contribution < 1.29 is 28.5 Å². The fourth-order valence-electron chi connectivity index (χ4n) is 1.28. The smallest absolute Gasteiger partial charge is 0.338 e. The van der Waals surface area contributed by atoms with E-state index in [0.29, 0.717) is 0 Å².